The number of thioether (sulfide) groups is 1. The first-order valence-corrected chi connectivity index (χ1v) is 9.68. The fourth-order valence-corrected chi connectivity index (χ4v) is 3.62. The summed E-state index contributed by atoms with van der Waals surface area (Å²) in [5, 5.41) is 4.19. The van der Waals surface area contributed by atoms with Gasteiger partial charge < -0.3 is 5.32 Å². The monoisotopic (exact) mass is 417 g/mol. The summed E-state index contributed by atoms with van der Waals surface area (Å²) in [4.78, 5) is 11.8. The first-order valence-electron chi connectivity index (χ1n) is 7.39. The Balaban J connectivity index is 1.73. The predicted molar refractivity (Wildman–Crippen MR) is 106 cm³/mol. The number of carbonyl (C=O) groups is 1. The van der Waals surface area contributed by atoms with Crippen LogP contribution in [0, 0.1) is 5.82 Å². The predicted octanol–water partition coefficient (Wildman–Crippen LogP) is 5.85. The molecule has 0 bridgehead atoms. The van der Waals surface area contributed by atoms with E-state index in [0.29, 0.717) is 44.2 Å². The van der Waals surface area contributed by atoms with Crippen LogP contribution < -0.4 is 5.32 Å². The van der Waals surface area contributed by atoms with Gasteiger partial charge >= 0.3 is 0 Å². The van der Waals surface area contributed by atoms with Crippen molar-refractivity contribution < 1.29 is 9.18 Å². The van der Waals surface area contributed by atoms with Crippen molar-refractivity contribution in [2.24, 2.45) is 0 Å². The lowest BCUT2D eigenvalue weighted by Crippen LogP contribution is -2.23. The lowest BCUT2D eigenvalue weighted by Gasteiger charge is -2.06. The molecule has 0 saturated heterocycles. The zero-order valence-corrected chi connectivity index (χ0v) is 16.2. The molecule has 0 aliphatic heterocycles. The summed E-state index contributed by atoms with van der Waals surface area (Å²) >= 11 is 19.3. The molecule has 0 saturated carbocycles. The molecule has 0 unspecified atom stereocenters. The van der Waals surface area contributed by atoms with Crippen LogP contribution in [0.15, 0.2) is 42.5 Å². The van der Waals surface area contributed by atoms with Gasteiger partial charge in [-0.2, -0.15) is 11.8 Å². The minimum Gasteiger partial charge on any atom is -0.352 e. The van der Waals surface area contributed by atoms with E-state index in [9.17, 15) is 9.18 Å². The molecule has 25 heavy (non-hydrogen) atoms. The van der Waals surface area contributed by atoms with Crippen LogP contribution in [0.2, 0.25) is 15.1 Å². The maximum atomic E-state index is 13.6. The zero-order chi connectivity index (χ0) is 18.2. The topological polar surface area (TPSA) is 29.1 Å². The van der Waals surface area contributed by atoms with Crippen LogP contribution in [0.25, 0.3) is 6.08 Å². The molecule has 2 aromatic rings. The summed E-state index contributed by atoms with van der Waals surface area (Å²) in [6, 6.07) is 9.68. The van der Waals surface area contributed by atoms with Crippen LogP contribution in [0.4, 0.5) is 4.39 Å². The van der Waals surface area contributed by atoms with E-state index >= 15 is 0 Å². The molecular weight excluding hydrogens is 404 g/mol. The maximum absolute atomic E-state index is 13.6. The lowest BCUT2D eigenvalue weighted by atomic mass is 10.2. The smallest absolute Gasteiger partial charge is 0.244 e. The van der Waals surface area contributed by atoms with Gasteiger partial charge in [-0.15, -0.1) is 0 Å². The van der Waals surface area contributed by atoms with E-state index in [1.807, 2.05) is 0 Å². The summed E-state index contributed by atoms with van der Waals surface area (Å²) in [7, 11) is 0. The highest BCUT2D eigenvalue weighted by Gasteiger charge is 2.06. The van der Waals surface area contributed by atoms with Crippen molar-refractivity contribution in [3.05, 3.63) is 74.5 Å². The Hall–Kier alpha value is -1.20. The zero-order valence-electron chi connectivity index (χ0n) is 13.1. The highest BCUT2D eigenvalue weighted by Crippen LogP contribution is 2.24. The molecule has 2 aromatic carbocycles. The standard InChI is InChI=1S/C18H15Cl3FNOS/c19-13-6-4-12(16(21)10-13)5-7-18(24)23-8-9-25-11-14-15(20)2-1-3-17(14)22/h1-7,10H,8-9,11H2,(H,23,24)/b7-5+. The third kappa shape index (κ3) is 6.55. The Morgan fingerprint density at radius 3 is 2.68 bits per heavy atom. The van der Waals surface area contributed by atoms with E-state index in [4.69, 9.17) is 34.8 Å². The van der Waals surface area contributed by atoms with E-state index in [0.717, 1.165) is 0 Å². The van der Waals surface area contributed by atoms with Crippen LogP contribution in [-0.4, -0.2) is 18.2 Å². The molecule has 132 valence electrons. The van der Waals surface area contributed by atoms with Crippen LogP contribution in [0.5, 0.6) is 0 Å². The molecule has 0 aromatic heterocycles. The van der Waals surface area contributed by atoms with E-state index in [1.54, 1.807) is 36.4 Å². The first-order chi connectivity index (χ1) is 12.0. The number of hydrogen-bond donors (Lipinski definition) is 1. The Bertz CT molecular complexity index is 763. The molecule has 1 N–H and O–H groups in total. The van der Waals surface area contributed by atoms with Crippen molar-refractivity contribution in [1.29, 1.82) is 0 Å². The Kier molecular flexibility index (Phi) is 8.10. The van der Waals surface area contributed by atoms with Crippen molar-refractivity contribution >= 4 is 58.5 Å². The SMILES string of the molecule is O=C(/C=C/c1ccc(Cl)cc1Cl)NCCSCc1c(F)cccc1Cl. The van der Waals surface area contributed by atoms with Gasteiger partial charge in [0.05, 0.1) is 0 Å². The Morgan fingerprint density at radius 1 is 1.16 bits per heavy atom. The van der Waals surface area contributed by atoms with Gasteiger partial charge in [0.15, 0.2) is 0 Å². The van der Waals surface area contributed by atoms with Crippen molar-refractivity contribution in [3.63, 3.8) is 0 Å². The maximum Gasteiger partial charge on any atom is 0.244 e. The van der Waals surface area contributed by atoms with Gasteiger partial charge in [0.1, 0.15) is 5.82 Å². The van der Waals surface area contributed by atoms with E-state index in [-0.39, 0.29) is 11.7 Å². The van der Waals surface area contributed by atoms with Gasteiger partial charge in [0.2, 0.25) is 5.91 Å². The minimum absolute atomic E-state index is 0.226. The summed E-state index contributed by atoms with van der Waals surface area (Å²) in [5.74, 6) is 0.561. The second kappa shape index (κ2) is 10.1. The molecule has 0 aliphatic rings. The highest BCUT2D eigenvalue weighted by molar-refractivity contribution is 7.98. The molecule has 0 atom stereocenters. The quantitative estimate of drug-likeness (QED) is 0.451. The fourth-order valence-electron chi connectivity index (χ4n) is 1.95. The number of amides is 1. The molecule has 0 radical (unpaired) electrons. The minimum atomic E-state index is -0.313. The van der Waals surface area contributed by atoms with Crippen LogP contribution in [0.1, 0.15) is 11.1 Å². The number of halogens is 4. The van der Waals surface area contributed by atoms with Crippen molar-refractivity contribution in [1.82, 2.24) is 5.32 Å². The van der Waals surface area contributed by atoms with Gasteiger partial charge in [0.25, 0.3) is 0 Å². The highest BCUT2D eigenvalue weighted by atomic mass is 35.5. The van der Waals surface area contributed by atoms with Gasteiger partial charge in [-0.25, -0.2) is 4.39 Å². The molecule has 1 amide bonds. The summed E-state index contributed by atoms with van der Waals surface area (Å²) in [6.45, 7) is 0.467. The summed E-state index contributed by atoms with van der Waals surface area (Å²) in [5.41, 5.74) is 1.20. The summed E-state index contributed by atoms with van der Waals surface area (Å²) in [6.07, 6.45) is 3.04. The van der Waals surface area contributed by atoms with E-state index < -0.39 is 0 Å². The van der Waals surface area contributed by atoms with Gasteiger partial charge in [-0.1, -0.05) is 46.9 Å². The second-order valence-corrected chi connectivity index (χ2v) is 7.40. The Labute approximate surface area is 165 Å². The average Bonchev–Trinajstić information content (AvgIpc) is 2.56. The van der Waals surface area contributed by atoms with Crippen LogP contribution in [-0.2, 0) is 10.5 Å². The third-order valence-electron chi connectivity index (χ3n) is 3.23. The third-order valence-corrected chi connectivity index (χ3v) is 5.13. The van der Waals surface area contributed by atoms with Crippen molar-refractivity contribution in [3.8, 4) is 0 Å². The summed E-state index contributed by atoms with van der Waals surface area (Å²) < 4.78 is 13.6. The largest absolute Gasteiger partial charge is 0.352 e. The van der Waals surface area contributed by atoms with Crippen molar-refractivity contribution in [2.75, 3.05) is 12.3 Å². The average molecular weight is 419 g/mol. The molecule has 7 heteroatoms. The van der Waals surface area contributed by atoms with Gasteiger partial charge in [0, 0.05) is 44.8 Å². The van der Waals surface area contributed by atoms with Crippen LogP contribution >= 0.6 is 46.6 Å². The number of nitrogens with one attached hydrogen (secondary N) is 1. The number of hydrogen-bond acceptors (Lipinski definition) is 2. The van der Waals surface area contributed by atoms with Gasteiger partial charge in [-0.05, 0) is 35.9 Å². The molecule has 0 heterocycles. The number of benzene rings is 2. The lowest BCUT2D eigenvalue weighted by molar-refractivity contribution is -0.116. The number of rotatable bonds is 7. The molecule has 0 fully saturated rings. The molecular formula is C18H15Cl3FNOS. The Morgan fingerprint density at radius 2 is 1.96 bits per heavy atom. The molecule has 2 rings (SSSR count). The number of carbonyl (C=O) groups excluding carboxylic acids is 1. The van der Waals surface area contributed by atoms with Gasteiger partial charge in [-0.3, -0.25) is 4.79 Å². The molecule has 2 nitrogen and oxygen atoms in total. The first kappa shape index (κ1) is 20.1. The fraction of sp³-hybridized carbons (Fsp3) is 0.167. The molecule has 0 aliphatic carbocycles. The molecule has 0 spiro atoms. The van der Waals surface area contributed by atoms with E-state index in [2.05, 4.69) is 5.32 Å². The van der Waals surface area contributed by atoms with Crippen LogP contribution in [0.3, 0.4) is 0 Å². The van der Waals surface area contributed by atoms with E-state index in [1.165, 1.54) is 23.9 Å². The second-order valence-electron chi connectivity index (χ2n) is 5.04. The van der Waals surface area contributed by atoms with Crippen molar-refractivity contribution in [2.45, 2.75) is 5.75 Å². The normalized spacial score (nSPS) is 11.0.